The predicted octanol–water partition coefficient (Wildman–Crippen LogP) is 2.78. The standard InChI is InChI=1S/C14H12ClN3O/c1-17-11(5-8-16-17)18-12-9(3-2-4-10(12)15)14(6-7-14)13(18)19/h2-5,8H,6-7H2,1H3. The molecule has 4 rings (SSSR count). The van der Waals surface area contributed by atoms with Crippen molar-refractivity contribution in [2.75, 3.05) is 4.90 Å². The average Bonchev–Trinajstić information content (AvgIpc) is 3.04. The minimum atomic E-state index is -0.329. The number of fused-ring (bicyclic) bond motifs is 2. The van der Waals surface area contributed by atoms with Gasteiger partial charge in [0, 0.05) is 13.1 Å². The van der Waals surface area contributed by atoms with Crippen LogP contribution in [0, 0.1) is 0 Å². The van der Waals surface area contributed by atoms with Crippen LogP contribution in [0.2, 0.25) is 5.02 Å². The molecule has 4 nitrogen and oxygen atoms in total. The third-order valence-corrected chi connectivity index (χ3v) is 4.42. The SMILES string of the molecule is Cn1nccc1N1C(=O)C2(CC2)c2cccc(Cl)c21. The molecule has 1 spiro atoms. The van der Waals surface area contributed by atoms with Crippen molar-refractivity contribution in [3.8, 4) is 0 Å². The molecule has 0 bridgehead atoms. The topological polar surface area (TPSA) is 38.1 Å². The number of rotatable bonds is 1. The summed E-state index contributed by atoms with van der Waals surface area (Å²) in [5.74, 6) is 0.891. The number of aryl methyl sites for hydroxylation is 1. The summed E-state index contributed by atoms with van der Waals surface area (Å²) in [5.41, 5.74) is 1.56. The fraction of sp³-hybridized carbons (Fsp3) is 0.286. The van der Waals surface area contributed by atoms with Crippen molar-refractivity contribution in [3.05, 3.63) is 41.0 Å². The van der Waals surface area contributed by atoms with Crippen LogP contribution in [0.5, 0.6) is 0 Å². The van der Waals surface area contributed by atoms with Crippen LogP contribution in [0.1, 0.15) is 18.4 Å². The maximum absolute atomic E-state index is 12.8. The Balaban J connectivity index is 2.00. The smallest absolute Gasteiger partial charge is 0.243 e. The molecular formula is C14H12ClN3O. The zero-order valence-electron chi connectivity index (χ0n) is 10.4. The van der Waals surface area contributed by atoms with E-state index in [4.69, 9.17) is 11.6 Å². The number of aromatic nitrogens is 2. The third-order valence-electron chi connectivity index (χ3n) is 4.11. The van der Waals surface area contributed by atoms with Crippen molar-refractivity contribution in [3.63, 3.8) is 0 Å². The van der Waals surface area contributed by atoms with Gasteiger partial charge in [-0.2, -0.15) is 5.10 Å². The van der Waals surface area contributed by atoms with E-state index < -0.39 is 0 Å². The highest BCUT2D eigenvalue weighted by molar-refractivity contribution is 6.35. The van der Waals surface area contributed by atoms with Crippen LogP contribution in [0.25, 0.3) is 0 Å². The normalized spacial score (nSPS) is 19.1. The van der Waals surface area contributed by atoms with Crippen molar-refractivity contribution >= 4 is 29.0 Å². The Morgan fingerprint density at radius 2 is 2.11 bits per heavy atom. The number of amides is 1. The Kier molecular flexibility index (Phi) is 1.97. The van der Waals surface area contributed by atoms with Gasteiger partial charge in [-0.3, -0.25) is 14.4 Å². The summed E-state index contributed by atoms with van der Waals surface area (Å²) >= 11 is 6.33. The van der Waals surface area contributed by atoms with Crippen molar-refractivity contribution in [1.29, 1.82) is 0 Å². The molecule has 0 unspecified atom stereocenters. The Morgan fingerprint density at radius 3 is 2.74 bits per heavy atom. The fourth-order valence-electron chi connectivity index (χ4n) is 2.97. The van der Waals surface area contributed by atoms with Gasteiger partial charge in [0.2, 0.25) is 5.91 Å². The Bertz CT molecular complexity index is 702. The molecule has 0 radical (unpaired) electrons. The molecule has 5 heteroatoms. The van der Waals surface area contributed by atoms with E-state index in [2.05, 4.69) is 5.10 Å². The number of para-hydroxylation sites is 1. The number of halogens is 1. The van der Waals surface area contributed by atoms with Crippen LogP contribution >= 0.6 is 11.6 Å². The molecule has 1 aromatic carbocycles. The number of carbonyl (C=O) groups excluding carboxylic acids is 1. The number of carbonyl (C=O) groups is 1. The lowest BCUT2D eigenvalue weighted by atomic mass is 9.98. The second-order valence-corrected chi connectivity index (χ2v) is 5.58. The Labute approximate surface area is 115 Å². The van der Waals surface area contributed by atoms with E-state index in [-0.39, 0.29) is 11.3 Å². The lowest BCUT2D eigenvalue weighted by Crippen LogP contribution is -2.29. The Hall–Kier alpha value is -1.81. The van der Waals surface area contributed by atoms with Gasteiger partial charge in [-0.25, -0.2) is 0 Å². The van der Waals surface area contributed by atoms with Crippen LogP contribution in [-0.2, 0) is 17.3 Å². The van der Waals surface area contributed by atoms with Crippen LogP contribution in [0.4, 0.5) is 11.5 Å². The second-order valence-electron chi connectivity index (χ2n) is 5.17. The highest BCUT2D eigenvalue weighted by Gasteiger charge is 2.60. The summed E-state index contributed by atoms with van der Waals surface area (Å²) in [5, 5.41) is 4.77. The first-order valence-corrected chi connectivity index (χ1v) is 6.64. The van der Waals surface area contributed by atoms with E-state index in [0.29, 0.717) is 5.02 Å². The molecule has 2 heterocycles. The summed E-state index contributed by atoms with van der Waals surface area (Å²) in [7, 11) is 1.83. The first-order chi connectivity index (χ1) is 9.15. The lowest BCUT2D eigenvalue weighted by Gasteiger charge is -2.18. The molecule has 1 aliphatic heterocycles. The van der Waals surface area contributed by atoms with Gasteiger partial charge in [0.05, 0.1) is 22.3 Å². The van der Waals surface area contributed by atoms with Crippen LogP contribution in [-0.4, -0.2) is 15.7 Å². The average molecular weight is 274 g/mol. The monoisotopic (exact) mass is 273 g/mol. The van der Waals surface area contributed by atoms with E-state index in [0.717, 1.165) is 29.9 Å². The van der Waals surface area contributed by atoms with Crippen molar-refractivity contribution in [2.24, 2.45) is 7.05 Å². The highest BCUT2D eigenvalue weighted by atomic mass is 35.5. The highest BCUT2D eigenvalue weighted by Crippen LogP contribution is 2.60. The quantitative estimate of drug-likeness (QED) is 0.801. The van der Waals surface area contributed by atoms with Crippen LogP contribution in [0.3, 0.4) is 0 Å². The number of hydrogen-bond donors (Lipinski definition) is 0. The maximum Gasteiger partial charge on any atom is 0.243 e. The Morgan fingerprint density at radius 1 is 1.32 bits per heavy atom. The van der Waals surface area contributed by atoms with Crippen LogP contribution < -0.4 is 4.90 Å². The first-order valence-electron chi connectivity index (χ1n) is 6.27. The minimum Gasteiger partial charge on any atom is -0.273 e. The number of nitrogens with zero attached hydrogens (tertiary/aromatic N) is 3. The minimum absolute atomic E-state index is 0.124. The van der Waals surface area contributed by atoms with Gasteiger partial charge in [0.1, 0.15) is 5.82 Å². The predicted molar refractivity (Wildman–Crippen MR) is 72.7 cm³/mol. The molecule has 2 aromatic rings. The molecule has 1 amide bonds. The summed E-state index contributed by atoms with van der Waals surface area (Å²) in [6.45, 7) is 0. The molecule has 1 aliphatic carbocycles. The van der Waals surface area contributed by atoms with Crippen molar-refractivity contribution < 1.29 is 4.79 Å². The maximum atomic E-state index is 12.8. The summed E-state index contributed by atoms with van der Waals surface area (Å²) in [4.78, 5) is 14.5. The molecule has 0 atom stereocenters. The number of hydrogen-bond acceptors (Lipinski definition) is 2. The zero-order chi connectivity index (χ0) is 13.2. The second kappa shape index (κ2) is 3.39. The molecular weight excluding hydrogens is 262 g/mol. The van der Waals surface area contributed by atoms with E-state index in [1.165, 1.54) is 0 Å². The van der Waals surface area contributed by atoms with E-state index >= 15 is 0 Å². The van der Waals surface area contributed by atoms with Crippen molar-refractivity contribution in [1.82, 2.24) is 9.78 Å². The van der Waals surface area contributed by atoms with Gasteiger partial charge in [-0.05, 0) is 24.5 Å². The van der Waals surface area contributed by atoms with E-state index in [1.54, 1.807) is 15.8 Å². The zero-order valence-corrected chi connectivity index (χ0v) is 11.2. The summed E-state index contributed by atoms with van der Waals surface area (Å²) < 4.78 is 1.70. The molecule has 0 N–H and O–H groups in total. The molecule has 2 aliphatic rings. The first kappa shape index (κ1) is 11.1. The van der Waals surface area contributed by atoms with E-state index in [9.17, 15) is 4.79 Å². The van der Waals surface area contributed by atoms with Gasteiger partial charge in [0.25, 0.3) is 0 Å². The van der Waals surface area contributed by atoms with Crippen LogP contribution in [0.15, 0.2) is 30.5 Å². The van der Waals surface area contributed by atoms with Gasteiger partial charge in [-0.15, -0.1) is 0 Å². The number of benzene rings is 1. The molecule has 1 saturated carbocycles. The fourth-order valence-corrected chi connectivity index (χ4v) is 3.23. The molecule has 19 heavy (non-hydrogen) atoms. The van der Waals surface area contributed by atoms with Crippen molar-refractivity contribution in [2.45, 2.75) is 18.3 Å². The molecule has 96 valence electrons. The molecule has 1 aromatic heterocycles. The van der Waals surface area contributed by atoms with Gasteiger partial charge < -0.3 is 0 Å². The van der Waals surface area contributed by atoms with Gasteiger partial charge >= 0.3 is 0 Å². The molecule has 0 saturated heterocycles. The van der Waals surface area contributed by atoms with Gasteiger partial charge in [0.15, 0.2) is 0 Å². The summed E-state index contributed by atoms with van der Waals surface area (Å²) in [6, 6.07) is 7.61. The van der Waals surface area contributed by atoms with Gasteiger partial charge in [-0.1, -0.05) is 23.7 Å². The molecule has 1 fully saturated rings. The summed E-state index contributed by atoms with van der Waals surface area (Å²) in [6.07, 6.45) is 3.51. The van der Waals surface area contributed by atoms with E-state index in [1.807, 2.05) is 31.3 Å². The largest absolute Gasteiger partial charge is 0.273 e. The number of anilines is 2. The lowest BCUT2D eigenvalue weighted by molar-refractivity contribution is -0.119. The third kappa shape index (κ3) is 1.24.